The van der Waals surface area contributed by atoms with Crippen LogP contribution >= 0.6 is 15.9 Å². The fourth-order valence-corrected chi connectivity index (χ4v) is 3.58. The molecule has 0 amide bonds. The molecule has 0 heterocycles. The second kappa shape index (κ2) is 5.79. The highest BCUT2D eigenvalue weighted by molar-refractivity contribution is 9.10. The second-order valence-electron chi connectivity index (χ2n) is 3.74. The van der Waals surface area contributed by atoms with Crippen LogP contribution < -0.4 is 0 Å². The summed E-state index contributed by atoms with van der Waals surface area (Å²) in [6.07, 6.45) is 1.05. The summed E-state index contributed by atoms with van der Waals surface area (Å²) in [5, 5.41) is 8.80. The molecule has 0 fully saturated rings. The molecule has 0 aliphatic heterocycles. The summed E-state index contributed by atoms with van der Waals surface area (Å²) in [6, 6.07) is 2.13. The zero-order chi connectivity index (χ0) is 13.9. The number of carboxylic acid groups (broad SMARTS) is 1. The van der Waals surface area contributed by atoms with Gasteiger partial charge in [-0.15, -0.1) is 0 Å². The molecule has 7 heteroatoms. The quantitative estimate of drug-likeness (QED) is 0.895. The first kappa shape index (κ1) is 15.1. The maximum absolute atomic E-state index is 13.8. The van der Waals surface area contributed by atoms with Crippen LogP contribution in [0.1, 0.15) is 30.1 Å². The fourth-order valence-electron chi connectivity index (χ4n) is 1.39. The first-order valence-corrected chi connectivity index (χ1v) is 7.69. The molecule has 0 aliphatic carbocycles. The minimum atomic E-state index is -3.80. The highest BCUT2D eigenvalue weighted by Crippen LogP contribution is 2.25. The van der Waals surface area contributed by atoms with E-state index in [4.69, 9.17) is 5.11 Å². The average molecular weight is 339 g/mol. The van der Waals surface area contributed by atoms with Crippen LogP contribution in [0.5, 0.6) is 0 Å². The van der Waals surface area contributed by atoms with Crippen LogP contribution in [-0.2, 0) is 9.84 Å². The Bertz CT molecular complexity index is 569. The van der Waals surface area contributed by atoms with Crippen molar-refractivity contribution < 1.29 is 22.7 Å². The third-order valence-electron chi connectivity index (χ3n) is 2.34. The van der Waals surface area contributed by atoms with Crippen molar-refractivity contribution in [2.24, 2.45) is 0 Å². The van der Waals surface area contributed by atoms with E-state index in [1.165, 1.54) is 0 Å². The summed E-state index contributed by atoms with van der Waals surface area (Å²) in [4.78, 5) is 10.2. The number of carboxylic acids is 1. The zero-order valence-electron chi connectivity index (χ0n) is 9.61. The van der Waals surface area contributed by atoms with Crippen LogP contribution in [0.25, 0.3) is 0 Å². The second-order valence-corrected chi connectivity index (χ2v) is 6.74. The number of carbonyl (C=O) groups is 1. The molecule has 18 heavy (non-hydrogen) atoms. The Morgan fingerprint density at radius 2 is 2.06 bits per heavy atom. The molecule has 0 unspecified atom stereocenters. The summed E-state index contributed by atoms with van der Waals surface area (Å²) >= 11 is 2.98. The molecule has 1 rings (SSSR count). The number of hydrogen-bond acceptors (Lipinski definition) is 3. The summed E-state index contributed by atoms with van der Waals surface area (Å²) in [7, 11) is -3.80. The molecule has 0 bridgehead atoms. The molecule has 0 aromatic heterocycles. The Hall–Kier alpha value is -0.950. The van der Waals surface area contributed by atoms with Crippen LogP contribution in [0.4, 0.5) is 4.39 Å². The Kier molecular flexibility index (Phi) is 4.86. The van der Waals surface area contributed by atoms with Gasteiger partial charge in [-0.2, -0.15) is 0 Å². The highest BCUT2D eigenvalue weighted by Gasteiger charge is 2.24. The van der Waals surface area contributed by atoms with Gasteiger partial charge in [0.1, 0.15) is 4.90 Å². The smallest absolute Gasteiger partial charge is 0.338 e. The van der Waals surface area contributed by atoms with Crippen molar-refractivity contribution >= 4 is 31.7 Å². The Labute approximate surface area is 113 Å². The van der Waals surface area contributed by atoms with Crippen molar-refractivity contribution in [1.29, 1.82) is 0 Å². The van der Waals surface area contributed by atoms with Crippen molar-refractivity contribution in [3.8, 4) is 0 Å². The van der Waals surface area contributed by atoms with E-state index in [0.29, 0.717) is 12.8 Å². The van der Waals surface area contributed by atoms with E-state index in [9.17, 15) is 17.6 Å². The van der Waals surface area contributed by atoms with Gasteiger partial charge in [-0.1, -0.05) is 29.3 Å². The average Bonchev–Trinajstić information content (AvgIpc) is 2.28. The number of halogens is 2. The van der Waals surface area contributed by atoms with Crippen molar-refractivity contribution in [1.82, 2.24) is 0 Å². The van der Waals surface area contributed by atoms with E-state index in [0.717, 1.165) is 12.1 Å². The van der Waals surface area contributed by atoms with Gasteiger partial charge < -0.3 is 5.11 Å². The van der Waals surface area contributed by atoms with Crippen LogP contribution in [-0.4, -0.2) is 25.2 Å². The summed E-state index contributed by atoms with van der Waals surface area (Å²) in [5.41, 5.74) is -0.653. The minimum absolute atomic E-state index is 0.198. The van der Waals surface area contributed by atoms with E-state index >= 15 is 0 Å². The van der Waals surface area contributed by atoms with Gasteiger partial charge in [-0.3, -0.25) is 0 Å². The van der Waals surface area contributed by atoms with Crippen molar-refractivity contribution in [2.45, 2.75) is 24.7 Å². The molecule has 0 radical (unpaired) electrons. The van der Waals surface area contributed by atoms with E-state index in [1.54, 1.807) is 0 Å². The lowest BCUT2D eigenvalue weighted by Crippen LogP contribution is -2.12. The van der Waals surface area contributed by atoms with Crippen LogP contribution in [0.15, 0.2) is 21.5 Å². The van der Waals surface area contributed by atoms with E-state index in [1.807, 2.05) is 6.92 Å². The van der Waals surface area contributed by atoms with Crippen molar-refractivity contribution in [2.75, 3.05) is 5.75 Å². The first-order valence-electron chi connectivity index (χ1n) is 5.24. The number of unbranched alkanes of at least 4 members (excludes halogenated alkanes) is 1. The maximum atomic E-state index is 13.8. The molecule has 0 spiro atoms. The molecule has 0 atom stereocenters. The van der Waals surface area contributed by atoms with Crippen molar-refractivity contribution in [3.05, 3.63) is 28.0 Å². The van der Waals surface area contributed by atoms with Gasteiger partial charge in [0.25, 0.3) is 0 Å². The van der Waals surface area contributed by atoms with Crippen LogP contribution in [0.2, 0.25) is 0 Å². The number of hydrogen-bond donors (Lipinski definition) is 1. The Morgan fingerprint density at radius 1 is 1.44 bits per heavy atom. The largest absolute Gasteiger partial charge is 0.478 e. The fraction of sp³-hybridized carbons (Fsp3) is 0.364. The molecular weight excluding hydrogens is 327 g/mol. The van der Waals surface area contributed by atoms with Gasteiger partial charge in [-0.25, -0.2) is 17.6 Å². The van der Waals surface area contributed by atoms with Gasteiger partial charge in [0.05, 0.1) is 11.3 Å². The normalized spacial score (nSPS) is 11.5. The standard InChI is InChI=1S/C11H12BrFO4S/c1-2-3-4-18(16,17)9-6-7(12)5-8(10(9)13)11(14)15/h5-6H,2-4H2,1H3,(H,14,15). The molecule has 1 N–H and O–H groups in total. The highest BCUT2D eigenvalue weighted by atomic mass is 79.9. The first-order chi connectivity index (χ1) is 8.29. The Balaban J connectivity index is 3.37. The molecule has 0 aliphatic rings. The lowest BCUT2D eigenvalue weighted by atomic mass is 10.2. The predicted molar refractivity (Wildman–Crippen MR) is 68.0 cm³/mol. The van der Waals surface area contributed by atoms with E-state index < -0.39 is 32.1 Å². The molecule has 4 nitrogen and oxygen atoms in total. The molecule has 100 valence electrons. The van der Waals surface area contributed by atoms with Gasteiger partial charge in [0.2, 0.25) is 0 Å². The Morgan fingerprint density at radius 3 is 2.56 bits per heavy atom. The van der Waals surface area contributed by atoms with Gasteiger partial charge >= 0.3 is 5.97 Å². The minimum Gasteiger partial charge on any atom is -0.478 e. The van der Waals surface area contributed by atoms with E-state index in [2.05, 4.69) is 15.9 Å². The van der Waals surface area contributed by atoms with Crippen LogP contribution in [0.3, 0.4) is 0 Å². The summed E-state index contributed by atoms with van der Waals surface area (Å²) in [5.74, 6) is -2.90. The summed E-state index contributed by atoms with van der Waals surface area (Å²) in [6.45, 7) is 1.81. The monoisotopic (exact) mass is 338 g/mol. The lowest BCUT2D eigenvalue weighted by Gasteiger charge is -2.08. The predicted octanol–water partition coefficient (Wildman–Crippen LogP) is 2.86. The zero-order valence-corrected chi connectivity index (χ0v) is 12.0. The SMILES string of the molecule is CCCCS(=O)(=O)c1cc(Br)cc(C(=O)O)c1F. The number of rotatable bonds is 5. The number of benzene rings is 1. The molecule has 1 aromatic carbocycles. The maximum Gasteiger partial charge on any atom is 0.338 e. The molecular formula is C11H12BrFO4S. The van der Waals surface area contributed by atoms with Crippen LogP contribution in [0, 0.1) is 5.82 Å². The number of aromatic carboxylic acids is 1. The summed E-state index contributed by atoms with van der Waals surface area (Å²) < 4.78 is 37.8. The van der Waals surface area contributed by atoms with Gasteiger partial charge in [-0.05, 0) is 18.6 Å². The van der Waals surface area contributed by atoms with Crippen molar-refractivity contribution in [3.63, 3.8) is 0 Å². The number of sulfone groups is 1. The van der Waals surface area contributed by atoms with Gasteiger partial charge in [0, 0.05) is 4.47 Å². The molecule has 0 saturated heterocycles. The van der Waals surface area contributed by atoms with E-state index in [-0.39, 0.29) is 10.2 Å². The third kappa shape index (κ3) is 3.29. The topological polar surface area (TPSA) is 71.4 Å². The third-order valence-corrected chi connectivity index (χ3v) is 4.59. The molecule has 1 aromatic rings. The lowest BCUT2D eigenvalue weighted by molar-refractivity contribution is 0.0691. The molecule has 0 saturated carbocycles. The van der Waals surface area contributed by atoms with Gasteiger partial charge in [0.15, 0.2) is 15.7 Å².